The topological polar surface area (TPSA) is 146 Å². The molecule has 11 nitrogen and oxygen atoms in total. The van der Waals surface area contributed by atoms with Crippen LogP contribution in [0.5, 0.6) is 5.75 Å². The minimum Gasteiger partial charge on any atom is -0.508 e. The smallest absolute Gasteiger partial charge is 0.325 e. The number of nitrogens with zero attached hydrogens (tertiary/aromatic N) is 1. The average Bonchev–Trinajstić information content (AvgIpc) is 3.48. The fourth-order valence-electron chi connectivity index (χ4n) is 5.53. The summed E-state index contributed by atoms with van der Waals surface area (Å²) >= 11 is 1.49. The van der Waals surface area contributed by atoms with Gasteiger partial charge in [-0.1, -0.05) is 45.1 Å². The summed E-state index contributed by atoms with van der Waals surface area (Å²) in [7, 11) is 1.57. The van der Waals surface area contributed by atoms with Crippen molar-refractivity contribution < 1.29 is 33.8 Å². The number of aromatic hydroxyl groups is 1. The Hall–Kier alpha value is -3.74. The molecule has 45 heavy (non-hydrogen) atoms. The zero-order valence-corrected chi connectivity index (χ0v) is 27.1. The van der Waals surface area contributed by atoms with Gasteiger partial charge >= 0.3 is 5.97 Å². The molecule has 1 fully saturated rings. The lowest BCUT2D eigenvalue weighted by Gasteiger charge is -2.35. The summed E-state index contributed by atoms with van der Waals surface area (Å²) in [4.78, 5) is 54.9. The Morgan fingerprint density at radius 3 is 2.64 bits per heavy atom. The second-order valence-corrected chi connectivity index (χ2v) is 13.0. The maximum atomic E-state index is 13.9. The first kappa shape index (κ1) is 34.1. The van der Waals surface area contributed by atoms with Crippen LogP contribution in [0, 0.1) is 11.8 Å². The van der Waals surface area contributed by atoms with Crippen molar-refractivity contribution in [2.75, 3.05) is 13.7 Å². The molecule has 4 N–H and O–H groups in total. The van der Waals surface area contributed by atoms with Crippen LogP contribution in [-0.4, -0.2) is 71.7 Å². The molecule has 0 saturated carbocycles. The molecule has 4 bridgehead atoms. The molecule has 3 amide bonds. The number of carbonyl (C=O) groups is 4. The molecule has 2 aromatic rings. The van der Waals surface area contributed by atoms with Gasteiger partial charge in [0.15, 0.2) is 0 Å². The number of phenols is 1. The van der Waals surface area contributed by atoms with Crippen molar-refractivity contribution in [2.24, 2.45) is 11.8 Å². The summed E-state index contributed by atoms with van der Waals surface area (Å²) in [6.07, 6.45) is 6.04. The number of benzene rings is 1. The lowest BCUT2D eigenvalue weighted by molar-refractivity contribution is -0.154. The van der Waals surface area contributed by atoms with E-state index in [9.17, 15) is 24.3 Å². The highest BCUT2D eigenvalue weighted by Gasteiger charge is 2.36. The van der Waals surface area contributed by atoms with E-state index in [1.807, 2.05) is 37.4 Å². The van der Waals surface area contributed by atoms with Crippen LogP contribution in [-0.2, 0) is 41.7 Å². The highest BCUT2D eigenvalue weighted by atomic mass is 32.1. The van der Waals surface area contributed by atoms with Crippen LogP contribution in [0.25, 0.3) is 6.08 Å². The number of esters is 1. The van der Waals surface area contributed by atoms with Gasteiger partial charge in [-0.05, 0) is 66.3 Å². The number of hydrogen-bond donors (Lipinski definition) is 4. The summed E-state index contributed by atoms with van der Waals surface area (Å²) in [6.45, 7) is 5.87. The molecule has 2 aliphatic rings. The van der Waals surface area contributed by atoms with Crippen LogP contribution in [0.3, 0.4) is 0 Å². The first-order valence-corrected chi connectivity index (χ1v) is 16.3. The van der Waals surface area contributed by atoms with Gasteiger partial charge in [0, 0.05) is 25.0 Å². The summed E-state index contributed by atoms with van der Waals surface area (Å²) in [5, 5.41) is 19.1. The molecule has 4 rings (SSSR count). The minimum atomic E-state index is -1.04. The Morgan fingerprint density at radius 1 is 1.11 bits per heavy atom. The summed E-state index contributed by atoms with van der Waals surface area (Å²) in [6, 6.07) is 5.75. The molecule has 3 heterocycles. The Balaban J connectivity index is 1.63. The number of hydrogen-bond acceptors (Lipinski definition) is 9. The van der Waals surface area contributed by atoms with Crippen LogP contribution >= 0.6 is 11.3 Å². The second kappa shape index (κ2) is 16.0. The fourth-order valence-corrected chi connectivity index (χ4v) is 6.29. The summed E-state index contributed by atoms with van der Waals surface area (Å²) in [5.74, 6) is -2.51. The highest BCUT2D eigenvalue weighted by molar-refractivity contribution is 7.10. The van der Waals surface area contributed by atoms with Gasteiger partial charge in [0.25, 0.3) is 5.91 Å². The molecule has 0 unspecified atom stereocenters. The molecule has 0 radical (unpaired) electrons. The maximum absolute atomic E-state index is 13.9. The van der Waals surface area contributed by atoms with Crippen molar-refractivity contribution >= 4 is 41.1 Å². The highest BCUT2D eigenvalue weighted by Crippen LogP contribution is 2.21. The zero-order chi connectivity index (χ0) is 32.5. The average molecular weight is 641 g/mol. The number of nitrogens with one attached hydrogen (secondary N) is 3. The number of methoxy groups -OCH3 is 1. The van der Waals surface area contributed by atoms with Gasteiger partial charge < -0.3 is 25.2 Å². The van der Waals surface area contributed by atoms with Crippen molar-refractivity contribution in [3.8, 4) is 5.75 Å². The normalized spacial score (nSPS) is 26.7. The molecule has 0 aliphatic carbocycles. The zero-order valence-electron chi connectivity index (χ0n) is 26.3. The van der Waals surface area contributed by atoms with Crippen LogP contribution in [0.4, 0.5) is 0 Å². The number of amides is 3. The van der Waals surface area contributed by atoms with Gasteiger partial charge in [-0.3, -0.25) is 24.2 Å². The van der Waals surface area contributed by atoms with E-state index < -0.39 is 41.8 Å². The van der Waals surface area contributed by atoms with E-state index in [1.54, 1.807) is 26.2 Å². The number of cyclic esters (lactones) is 1. The van der Waals surface area contributed by atoms with Crippen LogP contribution in [0.15, 0.2) is 41.8 Å². The van der Waals surface area contributed by atoms with E-state index >= 15 is 0 Å². The lowest BCUT2D eigenvalue weighted by Crippen LogP contribution is -2.62. The van der Waals surface area contributed by atoms with E-state index in [0.717, 1.165) is 10.4 Å². The van der Waals surface area contributed by atoms with E-state index in [-0.39, 0.29) is 36.7 Å². The quantitative estimate of drug-likeness (QED) is 0.373. The third-order valence-electron chi connectivity index (χ3n) is 8.18. The van der Waals surface area contributed by atoms with Crippen LogP contribution in [0.1, 0.15) is 62.5 Å². The molecule has 1 aromatic heterocycles. The first-order chi connectivity index (χ1) is 21.5. The van der Waals surface area contributed by atoms with Crippen molar-refractivity contribution in [3.05, 3.63) is 57.8 Å². The van der Waals surface area contributed by atoms with Gasteiger partial charge in [-0.15, -0.1) is 11.3 Å². The minimum absolute atomic E-state index is 0.0333. The van der Waals surface area contributed by atoms with Gasteiger partial charge in [0.2, 0.25) is 11.8 Å². The molecule has 244 valence electrons. The number of allylic oxidation sites excluding steroid dienone is 1. The monoisotopic (exact) mass is 640 g/mol. The molecule has 5 atom stereocenters. The predicted octanol–water partition coefficient (Wildman–Crippen LogP) is 3.32. The van der Waals surface area contributed by atoms with Crippen LogP contribution < -0.4 is 16.1 Å². The number of thiophene rings is 1. The van der Waals surface area contributed by atoms with E-state index in [2.05, 4.69) is 16.1 Å². The Kier molecular flexibility index (Phi) is 12.1. The Bertz CT molecular complexity index is 1380. The van der Waals surface area contributed by atoms with Gasteiger partial charge in [-0.25, -0.2) is 5.43 Å². The van der Waals surface area contributed by atoms with Gasteiger partial charge in [-0.2, -0.15) is 0 Å². The van der Waals surface area contributed by atoms with Crippen molar-refractivity contribution in [3.63, 3.8) is 0 Å². The number of carbonyl (C=O) groups excluding carboxylic acids is 4. The fraction of sp³-hybridized carbons (Fsp3) is 0.515. The van der Waals surface area contributed by atoms with Crippen molar-refractivity contribution in [2.45, 2.75) is 83.7 Å². The van der Waals surface area contributed by atoms with Crippen molar-refractivity contribution in [1.29, 1.82) is 0 Å². The second-order valence-electron chi connectivity index (χ2n) is 12.0. The van der Waals surface area contributed by atoms with E-state index in [4.69, 9.17) is 9.47 Å². The van der Waals surface area contributed by atoms with Gasteiger partial charge in [0.1, 0.15) is 30.5 Å². The summed E-state index contributed by atoms with van der Waals surface area (Å²) in [5.41, 5.74) is 4.63. The predicted molar refractivity (Wildman–Crippen MR) is 171 cm³/mol. The molecule has 2 aliphatic heterocycles. The number of phenolic OH excluding ortho intramolecular Hbond substituents is 1. The molecule has 1 saturated heterocycles. The first-order valence-electron chi connectivity index (χ1n) is 15.4. The molecule has 12 heteroatoms. The van der Waals surface area contributed by atoms with E-state index in [0.29, 0.717) is 37.8 Å². The lowest BCUT2D eigenvalue weighted by atomic mass is 9.96. The van der Waals surface area contributed by atoms with Crippen LogP contribution in [0.2, 0.25) is 0 Å². The molecule has 0 spiro atoms. The SMILES string of the molecule is CO[C@@H]1CC/C=C/c2csc(c2)COC(=O)[C@@H]2CCCN(N2)C(=O)[C@H](Cc2cccc(O)c2)NC(=O)[C@H](C(C)C)NC(=O)[C@@H]1C. The molecular weight excluding hydrogens is 596 g/mol. The number of rotatable bonds is 4. The van der Waals surface area contributed by atoms with Crippen molar-refractivity contribution in [1.82, 2.24) is 21.1 Å². The third kappa shape index (κ3) is 9.38. The molecule has 1 aromatic carbocycles. The van der Waals surface area contributed by atoms with Gasteiger partial charge in [0.05, 0.1) is 12.0 Å². The number of fused-ring (bicyclic) bond motifs is 4. The number of hydrazine groups is 1. The largest absolute Gasteiger partial charge is 0.508 e. The maximum Gasteiger partial charge on any atom is 0.325 e. The number of ether oxygens (including phenoxy) is 2. The third-order valence-corrected chi connectivity index (χ3v) is 9.11. The molecular formula is C33H44N4O7S. The van der Waals surface area contributed by atoms with E-state index in [1.165, 1.54) is 28.5 Å². The summed E-state index contributed by atoms with van der Waals surface area (Å²) < 4.78 is 11.3. The Morgan fingerprint density at radius 2 is 1.91 bits per heavy atom. The Labute approximate surface area is 268 Å². The standard InChI is InChI=1S/C33H44N4O7S/c1-20(2)29-31(40)34-27(17-22-10-7-11-24(38)15-22)32(41)37-14-8-12-26(36-37)33(42)44-18-25-16-23(19-45-25)9-5-6-13-28(43-4)21(3)30(39)35-29/h5,7,9-11,15-16,19-21,26-29,36,38H,6,8,12-14,17-18H2,1-4H3,(H,34,40)(H,35,39)/b9-5+/t21-,26+,27+,28-,29+/m1/s1.